The van der Waals surface area contributed by atoms with Crippen molar-refractivity contribution in [2.24, 2.45) is 0 Å². The molecule has 2 rings (SSSR count). The number of carbonyl (C=O) groups is 1. The van der Waals surface area contributed by atoms with Crippen LogP contribution in [0.4, 0.5) is 18.9 Å². The van der Waals surface area contributed by atoms with Gasteiger partial charge in [0.15, 0.2) is 0 Å². The molecule has 0 bridgehead atoms. The number of halogens is 3. The van der Waals surface area contributed by atoms with E-state index in [1.54, 1.807) is 0 Å². The fourth-order valence-electron chi connectivity index (χ4n) is 1.66. The van der Waals surface area contributed by atoms with E-state index >= 15 is 0 Å². The summed E-state index contributed by atoms with van der Waals surface area (Å²) < 4.78 is 43.0. The average Bonchev–Trinajstić information content (AvgIpc) is 2.80. The van der Waals surface area contributed by atoms with Crippen LogP contribution in [-0.2, 0) is 6.18 Å². The van der Waals surface area contributed by atoms with E-state index in [4.69, 9.17) is 0 Å². The molecule has 0 aliphatic heterocycles. The van der Waals surface area contributed by atoms with Crippen molar-refractivity contribution in [3.8, 4) is 0 Å². The number of amides is 1. The first kappa shape index (κ1) is 14.0. The van der Waals surface area contributed by atoms with Crippen molar-refractivity contribution in [2.75, 3.05) is 11.9 Å². The normalized spacial score (nSPS) is 11.4. The van der Waals surface area contributed by atoms with Crippen LogP contribution in [0.25, 0.3) is 0 Å². The molecular weight excluding hydrogens is 275 g/mol. The van der Waals surface area contributed by atoms with Crippen molar-refractivity contribution in [1.82, 2.24) is 10.2 Å². The molecule has 0 saturated heterocycles. The van der Waals surface area contributed by atoms with Gasteiger partial charge in [-0.05, 0) is 19.1 Å². The first-order valence-corrected chi connectivity index (χ1v) is 5.53. The maximum absolute atomic E-state index is 12.8. The largest absolute Gasteiger partial charge is 0.456 e. The molecule has 0 aliphatic rings. The summed E-state index contributed by atoms with van der Waals surface area (Å²) in [5.74, 6) is -2.11. The van der Waals surface area contributed by atoms with E-state index < -0.39 is 23.4 Å². The van der Waals surface area contributed by atoms with Crippen LogP contribution in [-0.4, -0.2) is 23.2 Å². The molecule has 0 spiro atoms. The van der Waals surface area contributed by atoms with Gasteiger partial charge in [0, 0.05) is 7.05 Å². The quantitative estimate of drug-likeness (QED) is 0.851. The summed E-state index contributed by atoms with van der Waals surface area (Å²) in [6.07, 6.45) is -2.11. The van der Waals surface area contributed by atoms with E-state index in [0.29, 0.717) is 5.69 Å². The minimum Gasteiger partial charge on any atom is -0.456 e. The van der Waals surface area contributed by atoms with Crippen molar-refractivity contribution in [2.45, 2.75) is 13.1 Å². The number of furan rings is 1. The molecule has 0 fully saturated rings. The van der Waals surface area contributed by atoms with Gasteiger partial charge in [-0.25, -0.2) is 0 Å². The predicted octanol–water partition coefficient (Wildman–Crippen LogP) is 2.67. The van der Waals surface area contributed by atoms with Gasteiger partial charge in [0.1, 0.15) is 5.76 Å². The molecule has 0 radical (unpaired) electrons. The highest BCUT2D eigenvalue weighted by Gasteiger charge is 2.40. The molecule has 1 amide bonds. The molecule has 8 heteroatoms. The Hall–Kier alpha value is -2.38. The SMILES string of the molecule is Cc1cc(C(=O)N(C)c2ccnnc2)c(C(F)(F)F)o1. The molecule has 0 unspecified atom stereocenters. The summed E-state index contributed by atoms with van der Waals surface area (Å²) in [7, 11) is 1.35. The Kier molecular flexibility index (Phi) is 3.47. The number of carbonyl (C=O) groups excluding carboxylic acids is 1. The Bertz CT molecular complexity index is 623. The monoisotopic (exact) mass is 285 g/mol. The summed E-state index contributed by atoms with van der Waals surface area (Å²) in [6, 6.07) is 2.53. The molecule has 5 nitrogen and oxygen atoms in total. The second-order valence-corrected chi connectivity index (χ2v) is 4.06. The molecule has 20 heavy (non-hydrogen) atoms. The smallest absolute Gasteiger partial charge is 0.450 e. The summed E-state index contributed by atoms with van der Waals surface area (Å²) in [6.45, 7) is 1.35. The number of alkyl halides is 3. The summed E-state index contributed by atoms with van der Waals surface area (Å²) >= 11 is 0. The highest BCUT2D eigenvalue weighted by molar-refractivity contribution is 6.06. The molecular formula is C12H10F3N3O2. The third kappa shape index (κ3) is 2.63. The van der Waals surface area contributed by atoms with Crippen molar-refractivity contribution >= 4 is 11.6 Å². The topological polar surface area (TPSA) is 59.2 Å². The number of nitrogens with zero attached hydrogens (tertiary/aromatic N) is 3. The molecule has 2 heterocycles. The van der Waals surface area contributed by atoms with E-state index in [9.17, 15) is 18.0 Å². The molecule has 0 aliphatic carbocycles. The van der Waals surface area contributed by atoms with E-state index in [-0.39, 0.29) is 5.76 Å². The van der Waals surface area contributed by atoms with Crippen LogP contribution in [0, 0.1) is 6.92 Å². The van der Waals surface area contributed by atoms with Crippen molar-refractivity contribution in [1.29, 1.82) is 0 Å². The fourth-order valence-corrected chi connectivity index (χ4v) is 1.66. The van der Waals surface area contributed by atoms with Crippen LogP contribution in [0.1, 0.15) is 21.9 Å². The molecule has 106 valence electrons. The lowest BCUT2D eigenvalue weighted by Gasteiger charge is -2.16. The highest BCUT2D eigenvalue weighted by atomic mass is 19.4. The van der Waals surface area contributed by atoms with E-state index in [2.05, 4.69) is 14.6 Å². The van der Waals surface area contributed by atoms with Gasteiger partial charge in [0.2, 0.25) is 5.76 Å². The molecule has 0 saturated carbocycles. The van der Waals surface area contributed by atoms with Crippen LogP contribution in [0.2, 0.25) is 0 Å². The average molecular weight is 285 g/mol. The van der Waals surface area contributed by atoms with Crippen LogP contribution in [0.15, 0.2) is 28.9 Å². The van der Waals surface area contributed by atoms with Gasteiger partial charge in [-0.3, -0.25) is 4.79 Å². The van der Waals surface area contributed by atoms with Gasteiger partial charge >= 0.3 is 6.18 Å². The third-order valence-electron chi connectivity index (χ3n) is 2.60. The zero-order valence-electron chi connectivity index (χ0n) is 10.6. The van der Waals surface area contributed by atoms with E-state index in [0.717, 1.165) is 11.0 Å². The summed E-state index contributed by atoms with van der Waals surface area (Å²) in [5.41, 5.74) is -0.203. The number of rotatable bonds is 2. The van der Waals surface area contributed by atoms with Gasteiger partial charge in [0.25, 0.3) is 5.91 Å². The minimum absolute atomic E-state index is 0.0157. The number of aryl methyl sites for hydroxylation is 1. The van der Waals surface area contributed by atoms with Crippen LogP contribution < -0.4 is 4.90 Å². The van der Waals surface area contributed by atoms with Gasteiger partial charge < -0.3 is 9.32 Å². The van der Waals surface area contributed by atoms with E-state index in [1.807, 2.05) is 0 Å². The lowest BCUT2D eigenvalue weighted by atomic mass is 10.2. The second kappa shape index (κ2) is 4.95. The number of hydrogen-bond acceptors (Lipinski definition) is 4. The third-order valence-corrected chi connectivity index (χ3v) is 2.60. The molecule has 0 aromatic carbocycles. The number of aromatic nitrogens is 2. The minimum atomic E-state index is -4.73. The Balaban J connectivity index is 2.40. The Morgan fingerprint density at radius 2 is 2.05 bits per heavy atom. The summed E-state index contributed by atoms with van der Waals surface area (Å²) in [4.78, 5) is 13.2. The fraction of sp³-hybridized carbons (Fsp3) is 0.250. The Labute approximate surface area is 112 Å². The maximum Gasteiger partial charge on any atom is 0.450 e. The van der Waals surface area contributed by atoms with Crippen LogP contribution >= 0.6 is 0 Å². The van der Waals surface area contributed by atoms with Crippen LogP contribution in [0.3, 0.4) is 0 Å². The second-order valence-electron chi connectivity index (χ2n) is 4.06. The van der Waals surface area contributed by atoms with Gasteiger partial charge in [-0.1, -0.05) is 0 Å². The first-order valence-electron chi connectivity index (χ1n) is 5.53. The van der Waals surface area contributed by atoms with Gasteiger partial charge in [-0.15, -0.1) is 0 Å². The predicted molar refractivity (Wildman–Crippen MR) is 63.2 cm³/mol. The maximum atomic E-state index is 12.8. The first-order chi connectivity index (χ1) is 9.30. The van der Waals surface area contributed by atoms with Crippen LogP contribution in [0.5, 0.6) is 0 Å². The zero-order chi connectivity index (χ0) is 14.9. The zero-order valence-corrected chi connectivity index (χ0v) is 10.6. The van der Waals surface area contributed by atoms with Crippen molar-refractivity contribution < 1.29 is 22.4 Å². The molecule has 2 aromatic rings. The Morgan fingerprint density at radius 1 is 1.35 bits per heavy atom. The number of anilines is 1. The highest BCUT2D eigenvalue weighted by Crippen LogP contribution is 2.34. The van der Waals surface area contributed by atoms with Crippen molar-refractivity contribution in [3.05, 3.63) is 41.6 Å². The lowest BCUT2D eigenvalue weighted by molar-refractivity contribution is -0.153. The summed E-state index contributed by atoms with van der Waals surface area (Å²) in [5, 5.41) is 7.10. The molecule has 0 N–H and O–H groups in total. The Morgan fingerprint density at radius 3 is 2.60 bits per heavy atom. The number of hydrogen-bond donors (Lipinski definition) is 0. The lowest BCUT2D eigenvalue weighted by Crippen LogP contribution is -2.28. The molecule has 0 atom stereocenters. The van der Waals surface area contributed by atoms with Gasteiger partial charge in [-0.2, -0.15) is 23.4 Å². The van der Waals surface area contributed by atoms with E-state index in [1.165, 1.54) is 32.4 Å². The van der Waals surface area contributed by atoms with Gasteiger partial charge in [0.05, 0.1) is 23.6 Å². The van der Waals surface area contributed by atoms with Crippen molar-refractivity contribution in [3.63, 3.8) is 0 Å². The standard InChI is InChI=1S/C12H10F3N3O2/c1-7-5-9(10(20-7)12(13,14)15)11(19)18(2)8-3-4-16-17-6-8/h3-6H,1-2H3. The molecule has 2 aromatic heterocycles.